The summed E-state index contributed by atoms with van der Waals surface area (Å²) in [7, 11) is -0.605. The number of nitrogen functional groups attached to an aromatic ring is 1. The molecule has 1 aliphatic rings. The Labute approximate surface area is 181 Å². The first-order valence-electron chi connectivity index (χ1n) is 10.5. The van der Waals surface area contributed by atoms with E-state index in [9.17, 15) is 4.79 Å². The van der Waals surface area contributed by atoms with E-state index in [0.717, 1.165) is 11.0 Å². The minimum Gasteiger partial charge on any atom is -0.444 e. The van der Waals surface area contributed by atoms with Crippen LogP contribution < -0.4 is 11.1 Å². The van der Waals surface area contributed by atoms with Crippen LogP contribution >= 0.6 is 0 Å². The maximum atomic E-state index is 12.2. The van der Waals surface area contributed by atoms with Gasteiger partial charge in [0.2, 0.25) is 0 Å². The highest BCUT2D eigenvalue weighted by Gasteiger charge is 2.52. The van der Waals surface area contributed by atoms with Crippen LogP contribution in [0.1, 0.15) is 79.4 Å². The zero-order chi connectivity index (χ0) is 22.9. The standard InChI is InChI=1S/C23H37BN2O4/c1-15(2)16-10-11-19(25)17(12-16)13-18(14-26-20(27)28-21(3,4)5)24-29-22(6,7)23(8,9)30-24/h10-13,15H,14,25H2,1-9H3,(H,26,27). The number of hydrogen-bond donors (Lipinski definition) is 2. The summed E-state index contributed by atoms with van der Waals surface area (Å²) < 4.78 is 17.8. The van der Waals surface area contributed by atoms with Crippen molar-refractivity contribution in [2.45, 2.75) is 85.0 Å². The molecule has 1 saturated heterocycles. The Morgan fingerprint density at radius 3 is 2.27 bits per heavy atom. The van der Waals surface area contributed by atoms with Crippen molar-refractivity contribution in [3.63, 3.8) is 0 Å². The van der Waals surface area contributed by atoms with Crippen LogP contribution in [0.4, 0.5) is 10.5 Å². The van der Waals surface area contributed by atoms with Crippen LogP contribution in [0, 0.1) is 0 Å². The summed E-state index contributed by atoms with van der Waals surface area (Å²) in [6.45, 7) is 18.0. The van der Waals surface area contributed by atoms with Crippen molar-refractivity contribution in [1.29, 1.82) is 0 Å². The van der Waals surface area contributed by atoms with Gasteiger partial charge in [0.05, 0.1) is 11.2 Å². The highest BCUT2D eigenvalue weighted by atomic mass is 16.7. The molecule has 166 valence electrons. The third-order valence-electron chi connectivity index (χ3n) is 5.51. The SMILES string of the molecule is CC(C)c1ccc(N)c(C=C(CNC(=O)OC(C)(C)C)B2OC(C)(C)C(C)(C)O2)c1. The summed E-state index contributed by atoms with van der Waals surface area (Å²) in [5, 5.41) is 2.82. The second kappa shape index (κ2) is 8.63. The molecular formula is C23H37BN2O4. The van der Waals surface area contributed by atoms with Crippen LogP contribution in [0.15, 0.2) is 23.7 Å². The average Bonchev–Trinajstić information content (AvgIpc) is 2.78. The van der Waals surface area contributed by atoms with E-state index in [0.29, 0.717) is 11.6 Å². The number of amides is 1. The third-order valence-corrected chi connectivity index (χ3v) is 5.51. The largest absolute Gasteiger partial charge is 0.492 e. The number of nitrogens with one attached hydrogen (secondary N) is 1. The lowest BCUT2D eigenvalue weighted by atomic mass is 9.76. The second-order valence-electron chi connectivity index (χ2n) is 10.2. The van der Waals surface area contributed by atoms with Crippen molar-refractivity contribution in [3.05, 3.63) is 34.8 Å². The van der Waals surface area contributed by atoms with Crippen molar-refractivity contribution in [2.24, 2.45) is 0 Å². The summed E-state index contributed by atoms with van der Waals surface area (Å²) in [5.41, 5.74) is 8.17. The van der Waals surface area contributed by atoms with Crippen LogP contribution in [0.3, 0.4) is 0 Å². The van der Waals surface area contributed by atoms with Crippen molar-refractivity contribution >= 4 is 25.0 Å². The van der Waals surface area contributed by atoms with Gasteiger partial charge in [0, 0.05) is 12.2 Å². The van der Waals surface area contributed by atoms with E-state index in [2.05, 4.69) is 25.2 Å². The van der Waals surface area contributed by atoms with Gasteiger partial charge in [0.25, 0.3) is 0 Å². The molecule has 0 saturated carbocycles. The lowest BCUT2D eigenvalue weighted by Gasteiger charge is -2.32. The fourth-order valence-corrected chi connectivity index (χ4v) is 2.96. The zero-order valence-electron chi connectivity index (χ0n) is 19.9. The molecule has 1 aliphatic heterocycles. The molecule has 7 heteroatoms. The summed E-state index contributed by atoms with van der Waals surface area (Å²) in [6, 6.07) is 6.01. The Bertz CT molecular complexity index is 794. The predicted molar refractivity (Wildman–Crippen MR) is 123 cm³/mol. The van der Waals surface area contributed by atoms with Gasteiger partial charge in [-0.25, -0.2) is 4.79 Å². The van der Waals surface area contributed by atoms with Crippen molar-refractivity contribution in [1.82, 2.24) is 5.32 Å². The van der Waals surface area contributed by atoms with Crippen molar-refractivity contribution < 1.29 is 18.8 Å². The molecule has 1 aromatic rings. The molecule has 0 aromatic heterocycles. The second-order valence-corrected chi connectivity index (χ2v) is 10.2. The fourth-order valence-electron chi connectivity index (χ4n) is 2.96. The fraction of sp³-hybridized carbons (Fsp3) is 0.609. The molecule has 0 unspecified atom stereocenters. The number of benzene rings is 1. The van der Waals surface area contributed by atoms with E-state index < -0.39 is 30.0 Å². The number of alkyl carbamates (subject to hydrolysis) is 1. The summed E-state index contributed by atoms with van der Waals surface area (Å²) >= 11 is 0. The highest BCUT2D eigenvalue weighted by Crippen LogP contribution is 2.39. The van der Waals surface area contributed by atoms with Gasteiger partial charge >= 0.3 is 13.2 Å². The molecule has 1 fully saturated rings. The first kappa shape index (κ1) is 24.3. The number of rotatable bonds is 5. The number of nitrogens with two attached hydrogens (primary N) is 1. The van der Waals surface area contributed by atoms with Gasteiger partial charge < -0.3 is 25.1 Å². The van der Waals surface area contributed by atoms with E-state index in [4.69, 9.17) is 19.8 Å². The monoisotopic (exact) mass is 416 g/mol. The van der Waals surface area contributed by atoms with Crippen molar-refractivity contribution in [2.75, 3.05) is 12.3 Å². The highest BCUT2D eigenvalue weighted by molar-refractivity contribution is 6.56. The average molecular weight is 416 g/mol. The first-order valence-corrected chi connectivity index (χ1v) is 10.5. The lowest BCUT2D eigenvalue weighted by Crippen LogP contribution is -2.41. The van der Waals surface area contributed by atoms with Gasteiger partial charge in [-0.05, 0) is 83.1 Å². The molecule has 2 rings (SSSR count). The minimum absolute atomic E-state index is 0.219. The van der Waals surface area contributed by atoms with Crippen molar-refractivity contribution in [3.8, 4) is 0 Å². The zero-order valence-corrected chi connectivity index (χ0v) is 19.9. The van der Waals surface area contributed by atoms with Gasteiger partial charge in [-0.15, -0.1) is 0 Å². The smallest absolute Gasteiger partial charge is 0.444 e. The van der Waals surface area contributed by atoms with E-state index in [-0.39, 0.29) is 6.54 Å². The molecule has 30 heavy (non-hydrogen) atoms. The molecule has 0 radical (unpaired) electrons. The maximum absolute atomic E-state index is 12.2. The van der Waals surface area contributed by atoms with E-state index in [1.54, 1.807) is 0 Å². The first-order chi connectivity index (χ1) is 13.6. The molecule has 1 heterocycles. The van der Waals surface area contributed by atoms with E-state index in [1.807, 2.05) is 66.7 Å². The quantitative estimate of drug-likeness (QED) is 0.525. The molecule has 0 bridgehead atoms. The van der Waals surface area contributed by atoms with Gasteiger partial charge in [-0.3, -0.25) is 0 Å². The molecule has 0 aliphatic carbocycles. The predicted octanol–water partition coefficient (Wildman–Crippen LogP) is 4.93. The molecular weight excluding hydrogens is 379 g/mol. The van der Waals surface area contributed by atoms with Crippen LogP contribution in [0.25, 0.3) is 6.08 Å². The van der Waals surface area contributed by atoms with E-state index >= 15 is 0 Å². The maximum Gasteiger partial charge on any atom is 0.492 e. The van der Waals surface area contributed by atoms with Crippen LogP contribution in [0.2, 0.25) is 0 Å². The van der Waals surface area contributed by atoms with Crippen LogP contribution in [-0.4, -0.2) is 36.6 Å². The summed E-state index contributed by atoms with van der Waals surface area (Å²) in [6.07, 6.45) is 1.45. The Hall–Kier alpha value is -1.99. The Morgan fingerprint density at radius 2 is 1.77 bits per heavy atom. The molecule has 1 aromatic carbocycles. The van der Waals surface area contributed by atoms with Gasteiger partial charge in [-0.1, -0.05) is 26.0 Å². The molecule has 0 spiro atoms. The summed E-state index contributed by atoms with van der Waals surface area (Å²) in [5.74, 6) is 0.373. The topological polar surface area (TPSA) is 82.8 Å². The molecule has 6 nitrogen and oxygen atoms in total. The van der Waals surface area contributed by atoms with Crippen LogP contribution in [0.5, 0.6) is 0 Å². The summed E-state index contributed by atoms with van der Waals surface area (Å²) in [4.78, 5) is 12.2. The number of ether oxygens (including phenoxy) is 1. The van der Waals surface area contributed by atoms with Gasteiger partial charge in [0.15, 0.2) is 0 Å². The number of anilines is 1. The lowest BCUT2D eigenvalue weighted by molar-refractivity contribution is 0.00578. The minimum atomic E-state index is -0.605. The Balaban J connectivity index is 2.36. The normalized spacial score (nSPS) is 18.6. The Kier molecular flexibility index (Phi) is 6.99. The molecule has 3 N–H and O–H groups in total. The number of carbonyl (C=O) groups excluding carboxylic acids is 1. The number of hydrogen-bond acceptors (Lipinski definition) is 5. The van der Waals surface area contributed by atoms with E-state index in [1.165, 1.54) is 5.56 Å². The molecule has 0 atom stereocenters. The Morgan fingerprint density at radius 1 is 1.20 bits per heavy atom. The third kappa shape index (κ3) is 6.02. The molecule has 1 amide bonds. The number of carbonyl (C=O) groups is 1. The van der Waals surface area contributed by atoms with Gasteiger partial charge in [-0.2, -0.15) is 0 Å². The van der Waals surface area contributed by atoms with Gasteiger partial charge in [0.1, 0.15) is 5.60 Å². The van der Waals surface area contributed by atoms with Crippen LogP contribution in [-0.2, 0) is 14.0 Å².